The molecule has 6 heteroatoms. The van der Waals surface area contributed by atoms with Crippen molar-refractivity contribution >= 4 is 35.4 Å². The first-order valence-electron chi connectivity index (χ1n) is 6.63. The van der Waals surface area contributed by atoms with Gasteiger partial charge >= 0.3 is 5.97 Å². The summed E-state index contributed by atoms with van der Waals surface area (Å²) in [5, 5.41) is 2.74. The van der Waals surface area contributed by atoms with Crippen LogP contribution in [0.1, 0.15) is 12.0 Å². The van der Waals surface area contributed by atoms with E-state index in [4.69, 9.17) is 4.74 Å². The summed E-state index contributed by atoms with van der Waals surface area (Å²) in [6, 6.07) is 7.35. The van der Waals surface area contributed by atoms with Gasteiger partial charge in [-0.1, -0.05) is 18.2 Å². The van der Waals surface area contributed by atoms with Gasteiger partial charge in [0.15, 0.2) is 0 Å². The zero-order chi connectivity index (χ0) is 15.7. The summed E-state index contributed by atoms with van der Waals surface area (Å²) in [6.07, 6.45) is 2.54. The van der Waals surface area contributed by atoms with Gasteiger partial charge in [0.2, 0.25) is 5.91 Å². The van der Waals surface area contributed by atoms with E-state index in [0.29, 0.717) is 6.42 Å². The molecule has 4 nitrogen and oxygen atoms in total. The van der Waals surface area contributed by atoms with Gasteiger partial charge < -0.3 is 10.1 Å². The van der Waals surface area contributed by atoms with Crippen molar-refractivity contribution in [2.75, 3.05) is 24.9 Å². The Kier molecular flexibility index (Phi) is 8.30. The lowest BCUT2D eigenvalue weighted by atomic mass is 10.2. The minimum absolute atomic E-state index is 0.153. The number of amides is 1. The Bertz CT molecular complexity index is 480. The third-order valence-corrected chi connectivity index (χ3v) is 4.70. The molecular weight excluding hydrogens is 306 g/mol. The number of carbonyl (C=O) groups is 2. The molecule has 1 rings (SSSR count). The van der Waals surface area contributed by atoms with E-state index >= 15 is 0 Å². The molecule has 0 aliphatic rings. The fourth-order valence-electron chi connectivity index (χ4n) is 1.72. The third-order valence-electron chi connectivity index (χ3n) is 2.88. The smallest absolute Gasteiger partial charge is 0.328 e. The summed E-state index contributed by atoms with van der Waals surface area (Å²) in [7, 11) is 1.34. The zero-order valence-corrected chi connectivity index (χ0v) is 14.2. The van der Waals surface area contributed by atoms with Crippen LogP contribution < -0.4 is 5.32 Å². The predicted octanol–water partition coefficient (Wildman–Crippen LogP) is 2.50. The highest BCUT2D eigenvalue weighted by Gasteiger charge is 2.20. The maximum atomic E-state index is 12.0. The van der Waals surface area contributed by atoms with E-state index in [2.05, 4.69) is 5.32 Å². The molecule has 1 aromatic carbocycles. The summed E-state index contributed by atoms with van der Waals surface area (Å²) < 4.78 is 4.72. The lowest BCUT2D eigenvalue weighted by Crippen LogP contribution is -2.42. The number of rotatable bonds is 8. The Balaban J connectivity index is 2.50. The van der Waals surface area contributed by atoms with Crippen LogP contribution in [0.4, 0.5) is 0 Å². The van der Waals surface area contributed by atoms with Gasteiger partial charge in [-0.05, 0) is 37.0 Å². The molecule has 0 aliphatic heterocycles. The van der Waals surface area contributed by atoms with Crippen LogP contribution >= 0.6 is 23.5 Å². The summed E-state index contributed by atoms with van der Waals surface area (Å²) in [4.78, 5) is 24.7. The fraction of sp³-hybridized carbons (Fsp3) is 0.467. The molecule has 0 fully saturated rings. The van der Waals surface area contributed by atoms with E-state index in [0.717, 1.165) is 16.2 Å². The van der Waals surface area contributed by atoms with Crippen LogP contribution in [0.15, 0.2) is 29.2 Å². The number of carbonyl (C=O) groups excluding carboxylic acids is 2. The number of benzene rings is 1. The highest BCUT2D eigenvalue weighted by molar-refractivity contribution is 8.00. The maximum absolute atomic E-state index is 12.0. The van der Waals surface area contributed by atoms with Crippen LogP contribution in [0.25, 0.3) is 0 Å². The molecular formula is C15H21NO3S2. The van der Waals surface area contributed by atoms with Gasteiger partial charge in [-0.2, -0.15) is 11.8 Å². The number of hydrogen-bond acceptors (Lipinski definition) is 5. The van der Waals surface area contributed by atoms with Gasteiger partial charge in [-0.3, -0.25) is 4.79 Å². The van der Waals surface area contributed by atoms with Crippen molar-refractivity contribution in [2.45, 2.75) is 24.3 Å². The van der Waals surface area contributed by atoms with E-state index in [-0.39, 0.29) is 11.7 Å². The van der Waals surface area contributed by atoms with Crippen molar-refractivity contribution in [1.82, 2.24) is 5.32 Å². The number of methoxy groups -OCH3 is 1. The third kappa shape index (κ3) is 6.44. The van der Waals surface area contributed by atoms with Gasteiger partial charge in [-0.15, -0.1) is 11.8 Å². The number of hydrogen-bond donors (Lipinski definition) is 1. The molecule has 1 N–H and O–H groups in total. The zero-order valence-electron chi connectivity index (χ0n) is 12.5. The van der Waals surface area contributed by atoms with Crippen LogP contribution in [-0.4, -0.2) is 42.8 Å². The van der Waals surface area contributed by atoms with Crippen LogP contribution in [0.5, 0.6) is 0 Å². The second kappa shape index (κ2) is 9.73. The average Bonchev–Trinajstić information content (AvgIpc) is 2.49. The SMILES string of the molecule is COC(=O)[C@@H](CCSC)NC(=O)CSc1ccccc1C. The minimum Gasteiger partial charge on any atom is -0.467 e. The minimum atomic E-state index is -0.563. The molecule has 0 spiro atoms. The summed E-state index contributed by atoms with van der Waals surface area (Å²) in [5.74, 6) is 0.542. The van der Waals surface area contributed by atoms with Crippen molar-refractivity contribution in [3.05, 3.63) is 29.8 Å². The topological polar surface area (TPSA) is 55.4 Å². The molecule has 21 heavy (non-hydrogen) atoms. The molecule has 0 unspecified atom stereocenters. The van der Waals surface area contributed by atoms with Gasteiger partial charge in [0, 0.05) is 4.90 Å². The quantitative estimate of drug-likeness (QED) is 0.587. The molecule has 0 saturated carbocycles. The summed E-state index contributed by atoms with van der Waals surface area (Å²) >= 11 is 3.10. The van der Waals surface area contributed by atoms with E-state index in [1.54, 1.807) is 11.8 Å². The number of esters is 1. The Labute approximate surface area is 134 Å². The second-order valence-electron chi connectivity index (χ2n) is 4.48. The highest BCUT2D eigenvalue weighted by Crippen LogP contribution is 2.21. The maximum Gasteiger partial charge on any atom is 0.328 e. The number of ether oxygens (including phenoxy) is 1. The first-order valence-corrected chi connectivity index (χ1v) is 9.01. The number of nitrogens with one attached hydrogen (secondary N) is 1. The molecule has 0 bridgehead atoms. The Morgan fingerprint density at radius 1 is 1.33 bits per heavy atom. The summed E-state index contributed by atoms with van der Waals surface area (Å²) in [5.41, 5.74) is 1.14. The normalized spacial score (nSPS) is 11.8. The molecule has 1 aromatic rings. The fourth-order valence-corrected chi connectivity index (χ4v) is 3.04. The molecule has 0 heterocycles. The lowest BCUT2D eigenvalue weighted by molar-refractivity contribution is -0.144. The predicted molar refractivity (Wildman–Crippen MR) is 88.8 cm³/mol. The second-order valence-corrected chi connectivity index (χ2v) is 6.48. The van der Waals surface area contributed by atoms with Gasteiger partial charge in [0.05, 0.1) is 12.9 Å². The van der Waals surface area contributed by atoms with Crippen molar-refractivity contribution < 1.29 is 14.3 Å². The molecule has 1 amide bonds. The molecule has 0 saturated heterocycles. The molecule has 116 valence electrons. The van der Waals surface area contributed by atoms with Crippen LogP contribution in [0.2, 0.25) is 0 Å². The first kappa shape index (κ1) is 17.9. The van der Waals surface area contributed by atoms with Gasteiger partial charge in [0.1, 0.15) is 6.04 Å². The van der Waals surface area contributed by atoms with Gasteiger partial charge in [-0.25, -0.2) is 4.79 Å². The lowest BCUT2D eigenvalue weighted by Gasteiger charge is -2.16. The van der Waals surface area contributed by atoms with Crippen LogP contribution in [0, 0.1) is 6.92 Å². The molecule has 0 aromatic heterocycles. The Morgan fingerprint density at radius 2 is 2.05 bits per heavy atom. The van der Waals surface area contributed by atoms with E-state index in [1.165, 1.54) is 18.9 Å². The van der Waals surface area contributed by atoms with Crippen LogP contribution in [0.3, 0.4) is 0 Å². The summed E-state index contributed by atoms with van der Waals surface area (Å²) in [6.45, 7) is 2.01. The van der Waals surface area contributed by atoms with Gasteiger partial charge in [0.25, 0.3) is 0 Å². The monoisotopic (exact) mass is 327 g/mol. The average molecular weight is 327 g/mol. The Hall–Kier alpha value is -1.14. The Morgan fingerprint density at radius 3 is 2.67 bits per heavy atom. The van der Waals surface area contributed by atoms with Crippen molar-refractivity contribution in [2.24, 2.45) is 0 Å². The molecule has 1 atom stereocenters. The van der Waals surface area contributed by atoms with Crippen molar-refractivity contribution in [1.29, 1.82) is 0 Å². The number of thioether (sulfide) groups is 2. The largest absolute Gasteiger partial charge is 0.467 e. The van der Waals surface area contributed by atoms with E-state index in [9.17, 15) is 9.59 Å². The molecule has 0 aliphatic carbocycles. The molecule has 0 radical (unpaired) electrons. The van der Waals surface area contributed by atoms with Crippen molar-refractivity contribution in [3.63, 3.8) is 0 Å². The standard InChI is InChI=1S/C15H21NO3S2/c1-11-6-4-5-7-13(11)21-10-14(17)16-12(8-9-20-3)15(18)19-2/h4-7,12H,8-10H2,1-3H3,(H,16,17)/t12-/m1/s1. The van der Waals surface area contributed by atoms with Crippen LogP contribution in [-0.2, 0) is 14.3 Å². The van der Waals surface area contributed by atoms with Crippen molar-refractivity contribution in [3.8, 4) is 0 Å². The van der Waals surface area contributed by atoms with E-state index in [1.807, 2.05) is 37.4 Å². The first-order chi connectivity index (χ1) is 10.1. The number of aryl methyl sites for hydroxylation is 1. The van der Waals surface area contributed by atoms with E-state index < -0.39 is 12.0 Å². The highest BCUT2D eigenvalue weighted by atomic mass is 32.2.